The smallest absolute Gasteiger partial charge is 0.213 e. The highest BCUT2D eigenvalue weighted by atomic mass is 16.5. The van der Waals surface area contributed by atoms with Crippen LogP contribution < -0.4 is 4.74 Å². The summed E-state index contributed by atoms with van der Waals surface area (Å²) >= 11 is 0. The van der Waals surface area contributed by atoms with Crippen LogP contribution in [0.1, 0.15) is 44.3 Å². The number of ether oxygens (including phenoxy) is 1. The summed E-state index contributed by atoms with van der Waals surface area (Å²) in [4.78, 5) is 0. The Labute approximate surface area is 276 Å². The topological polar surface area (TPSA) is 27.3 Å². The Morgan fingerprint density at radius 3 is 2.39 bits per heavy atom. The highest BCUT2D eigenvalue weighted by molar-refractivity contribution is 6.19. The fraction of sp³-hybridized carbons (Fsp3) is 0.116. The number of furan rings is 1. The van der Waals surface area contributed by atoms with Gasteiger partial charge in [-0.05, 0) is 71.9 Å². The van der Waals surface area contributed by atoms with Crippen molar-refractivity contribution in [3.05, 3.63) is 150 Å². The second kappa shape index (κ2) is 9.73. The number of nitrogens with zero attached hydrogens (tertiary/aromatic N) is 1. The van der Waals surface area contributed by atoms with Gasteiger partial charge in [0, 0.05) is 46.8 Å². The molecule has 0 amide bonds. The predicted molar refractivity (Wildman–Crippen MR) is 190 cm³/mol. The van der Waals surface area contributed by atoms with Crippen molar-refractivity contribution in [2.75, 3.05) is 0 Å². The van der Waals surface area contributed by atoms with Gasteiger partial charge in [0.15, 0.2) is 0 Å². The van der Waals surface area contributed by atoms with Crippen molar-refractivity contribution in [3.8, 4) is 39.4 Å². The highest BCUT2D eigenvalue weighted by Gasteiger charge is 2.35. The third kappa shape index (κ3) is 3.72. The van der Waals surface area contributed by atoms with E-state index >= 15 is 0 Å². The Hall–Kier alpha value is -5.54. The molecule has 1 atom stereocenters. The molecule has 2 aromatic heterocycles. The molecule has 1 aliphatic rings. The van der Waals surface area contributed by atoms with Crippen molar-refractivity contribution in [1.82, 2.24) is 4.57 Å². The van der Waals surface area contributed by atoms with Gasteiger partial charge in [0.2, 0.25) is 5.71 Å². The lowest BCUT2D eigenvalue weighted by Gasteiger charge is -2.35. The fourth-order valence-electron chi connectivity index (χ4n) is 7.26. The molecule has 0 saturated carbocycles. The Morgan fingerprint density at radius 2 is 1.50 bits per heavy atom. The molecule has 0 radical (unpaired) electrons. The van der Waals surface area contributed by atoms with Crippen LogP contribution in [0.3, 0.4) is 0 Å². The van der Waals surface area contributed by atoms with E-state index in [1.807, 2.05) is 91.9 Å². The van der Waals surface area contributed by atoms with Gasteiger partial charge in [-0.15, -0.1) is 0 Å². The summed E-state index contributed by atoms with van der Waals surface area (Å²) in [7, 11) is 0. The lowest BCUT2D eigenvalue weighted by atomic mass is 9.74. The minimum atomic E-state index is -2.54. The van der Waals surface area contributed by atoms with E-state index in [0.717, 1.165) is 44.1 Å². The summed E-state index contributed by atoms with van der Waals surface area (Å²) in [5.41, 5.74) is 6.17. The first-order valence-corrected chi connectivity index (χ1v) is 15.4. The van der Waals surface area contributed by atoms with Crippen molar-refractivity contribution in [2.45, 2.75) is 33.0 Å². The van der Waals surface area contributed by atoms with Crippen molar-refractivity contribution in [3.63, 3.8) is 0 Å². The molecular weight excluding hydrogens is 562 g/mol. The van der Waals surface area contributed by atoms with E-state index < -0.39 is 19.1 Å². The zero-order valence-electron chi connectivity index (χ0n) is 31.4. The number of aromatic nitrogens is 1. The molecule has 6 aromatic carbocycles. The predicted octanol–water partition coefficient (Wildman–Crippen LogP) is 11.9. The molecule has 3 heterocycles. The Balaban J connectivity index is 1.28. The molecule has 9 rings (SSSR count). The van der Waals surface area contributed by atoms with Crippen LogP contribution in [0, 0.1) is 13.8 Å². The minimum absolute atomic E-state index is 0.169. The van der Waals surface area contributed by atoms with Crippen molar-refractivity contribution in [2.24, 2.45) is 0 Å². The van der Waals surface area contributed by atoms with Crippen LogP contribution in [0.4, 0.5) is 0 Å². The Bertz CT molecular complexity index is 2730. The van der Waals surface area contributed by atoms with Gasteiger partial charge in [0.05, 0.1) is 10.9 Å². The number of hydrogen-bond donors (Lipinski definition) is 0. The molecule has 3 heteroatoms. The molecule has 46 heavy (non-hydrogen) atoms. The standard InChI is InChI=1S/C43H33NO2/c1-26-23-24-30(27(2)39(26)33-17-12-19-35-41(33)45-38-22-10-7-18-34(38)43(35,3)4)28-13-11-14-29(25-28)44-36-20-8-5-15-31(36)40-32-16-6-9-21-37(32)46-42(40)44/h5-25H,1-4H3/i2D3,3D3. The summed E-state index contributed by atoms with van der Waals surface area (Å²) in [5, 5.41) is 3.12. The molecule has 1 aliphatic heterocycles. The quantitative estimate of drug-likeness (QED) is 0.201. The summed E-state index contributed by atoms with van der Waals surface area (Å²) in [5.74, 6) is 0.791. The maximum atomic E-state index is 8.94. The lowest BCUT2D eigenvalue weighted by Crippen LogP contribution is -2.24. The number of para-hydroxylation sites is 4. The zero-order valence-corrected chi connectivity index (χ0v) is 25.4. The van der Waals surface area contributed by atoms with Gasteiger partial charge in [-0.25, -0.2) is 0 Å². The second-order valence-corrected chi connectivity index (χ2v) is 12.3. The van der Waals surface area contributed by atoms with Gasteiger partial charge in [-0.1, -0.05) is 111 Å². The highest BCUT2D eigenvalue weighted by Crippen LogP contribution is 2.52. The monoisotopic (exact) mass is 601 g/mol. The summed E-state index contributed by atoms with van der Waals surface area (Å²) in [6.45, 7) is -1.36. The van der Waals surface area contributed by atoms with Gasteiger partial charge in [0.1, 0.15) is 17.1 Å². The van der Waals surface area contributed by atoms with E-state index in [-0.39, 0.29) is 5.56 Å². The minimum Gasteiger partial charge on any atom is -0.456 e. The number of rotatable bonds is 3. The molecule has 222 valence electrons. The molecule has 0 fully saturated rings. The average molecular weight is 602 g/mol. The third-order valence-electron chi connectivity index (χ3n) is 9.48. The third-order valence-corrected chi connectivity index (χ3v) is 9.48. The van der Waals surface area contributed by atoms with Gasteiger partial charge < -0.3 is 9.15 Å². The molecular formula is C43H33NO2. The summed E-state index contributed by atoms with van der Waals surface area (Å²) in [6, 6.07) is 40.4. The molecule has 3 nitrogen and oxygen atoms in total. The Kier molecular flexibility index (Phi) is 4.49. The van der Waals surface area contributed by atoms with E-state index in [1.54, 1.807) is 31.2 Å². The molecule has 0 saturated heterocycles. The largest absolute Gasteiger partial charge is 0.456 e. The van der Waals surface area contributed by atoms with Crippen LogP contribution in [0.25, 0.3) is 60.9 Å². The molecule has 0 spiro atoms. The summed E-state index contributed by atoms with van der Waals surface area (Å²) in [6.07, 6.45) is 0. The van der Waals surface area contributed by atoms with Crippen LogP contribution in [0.2, 0.25) is 0 Å². The molecule has 0 aliphatic carbocycles. The zero-order chi connectivity index (χ0) is 36.2. The number of aryl methyl sites for hydroxylation is 1. The number of benzene rings is 6. The average Bonchev–Trinajstić information content (AvgIpc) is 3.65. The van der Waals surface area contributed by atoms with Crippen LogP contribution in [-0.4, -0.2) is 4.57 Å². The van der Waals surface area contributed by atoms with Gasteiger partial charge in [-0.3, -0.25) is 4.57 Å². The van der Waals surface area contributed by atoms with E-state index in [9.17, 15) is 0 Å². The first-order valence-electron chi connectivity index (χ1n) is 18.4. The van der Waals surface area contributed by atoms with Crippen LogP contribution in [-0.2, 0) is 5.41 Å². The SMILES string of the molecule is [2H]C([2H])([2H])c1c(-c2cccc(-n3c4ccccc4c4c5ccccc5oc43)c2)ccc(C)c1-c1cccc2c1Oc1ccccc1C2(C)C([2H])([2H])[2H]. The van der Waals surface area contributed by atoms with E-state index in [0.29, 0.717) is 45.0 Å². The molecule has 0 bridgehead atoms. The van der Waals surface area contributed by atoms with Crippen molar-refractivity contribution < 1.29 is 17.4 Å². The maximum Gasteiger partial charge on any atom is 0.213 e. The van der Waals surface area contributed by atoms with E-state index in [1.165, 1.54) is 0 Å². The summed E-state index contributed by atoms with van der Waals surface area (Å²) < 4.78 is 68.0. The number of hydrogen-bond acceptors (Lipinski definition) is 2. The van der Waals surface area contributed by atoms with Crippen molar-refractivity contribution in [1.29, 1.82) is 0 Å². The van der Waals surface area contributed by atoms with Crippen LogP contribution in [0.5, 0.6) is 11.5 Å². The Morgan fingerprint density at radius 1 is 0.717 bits per heavy atom. The first-order chi connectivity index (χ1) is 24.9. The normalized spacial score (nSPS) is 18.1. The van der Waals surface area contributed by atoms with E-state index in [4.69, 9.17) is 17.4 Å². The van der Waals surface area contributed by atoms with Crippen LogP contribution >= 0.6 is 0 Å². The van der Waals surface area contributed by atoms with Crippen LogP contribution in [0.15, 0.2) is 132 Å². The maximum absolute atomic E-state index is 8.94. The molecule has 1 unspecified atom stereocenters. The fourth-order valence-corrected chi connectivity index (χ4v) is 7.26. The second-order valence-electron chi connectivity index (χ2n) is 12.3. The molecule has 0 N–H and O–H groups in total. The van der Waals surface area contributed by atoms with Gasteiger partial charge >= 0.3 is 0 Å². The molecule has 8 aromatic rings. The first kappa shape index (κ1) is 21.2. The van der Waals surface area contributed by atoms with Gasteiger partial charge in [-0.2, -0.15) is 0 Å². The lowest BCUT2D eigenvalue weighted by molar-refractivity contribution is 0.419. The number of fused-ring (bicyclic) bond motifs is 7. The van der Waals surface area contributed by atoms with Crippen molar-refractivity contribution >= 4 is 33.0 Å². The van der Waals surface area contributed by atoms with Gasteiger partial charge in [0.25, 0.3) is 0 Å². The van der Waals surface area contributed by atoms with E-state index in [2.05, 4.69) is 22.8 Å².